The van der Waals surface area contributed by atoms with Crippen molar-refractivity contribution in [2.75, 3.05) is 0 Å². The molecule has 106 valence electrons. The maximum absolute atomic E-state index is 10.9. The Morgan fingerprint density at radius 3 is 1.70 bits per heavy atom. The van der Waals surface area contributed by atoms with Crippen LogP contribution in [0.4, 0.5) is 0 Å². The largest absolute Gasteiger partial charge is 0.481 e. The number of rotatable bonds is 5. The number of carboxylic acids is 1. The summed E-state index contributed by atoms with van der Waals surface area (Å²) >= 11 is 0. The van der Waals surface area contributed by atoms with Crippen molar-refractivity contribution >= 4 is 18.4 Å². The van der Waals surface area contributed by atoms with Crippen LogP contribution in [-0.2, 0) is 4.79 Å². The predicted octanol–water partition coefficient (Wildman–Crippen LogP) is 3.04. The van der Waals surface area contributed by atoms with Gasteiger partial charge in [0.2, 0.25) is 0 Å². The van der Waals surface area contributed by atoms with Gasteiger partial charge in [0.15, 0.2) is 0 Å². The molecule has 0 amide bonds. The number of benzene rings is 2. The first-order chi connectivity index (χ1) is 9.18. The SMILES string of the molecule is Cl.NC(CC(=O)O)C(c1ccccc1)c1ccccc1. The molecule has 0 spiro atoms. The quantitative estimate of drug-likeness (QED) is 0.890. The Labute approximate surface area is 124 Å². The van der Waals surface area contributed by atoms with E-state index in [4.69, 9.17) is 10.8 Å². The summed E-state index contributed by atoms with van der Waals surface area (Å²) in [5.41, 5.74) is 8.19. The third kappa shape index (κ3) is 4.08. The van der Waals surface area contributed by atoms with Gasteiger partial charge in [0.05, 0.1) is 6.42 Å². The number of hydrogen-bond donors (Lipinski definition) is 2. The fourth-order valence-electron chi connectivity index (χ4n) is 2.33. The van der Waals surface area contributed by atoms with Crippen molar-refractivity contribution < 1.29 is 9.90 Å². The van der Waals surface area contributed by atoms with Gasteiger partial charge in [0.25, 0.3) is 0 Å². The third-order valence-electron chi connectivity index (χ3n) is 3.16. The van der Waals surface area contributed by atoms with E-state index in [1.54, 1.807) is 0 Å². The van der Waals surface area contributed by atoms with Crippen molar-refractivity contribution in [3.05, 3.63) is 71.8 Å². The molecule has 0 aliphatic heterocycles. The Morgan fingerprint density at radius 2 is 1.35 bits per heavy atom. The van der Waals surface area contributed by atoms with Gasteiger partial charge in [-0.25, -0.2) is 0 Å². The van der Waals surface area contributed by atoms with Gasteiger partial charge >= 0.3 is 5.97 Å². The number of carboxylic acid groups (broad SMARTS) is 1. The summed E-state index contributed by atoms with van der Waals surface area (Å²) < 4.78 is 0. The van der Waals surface area contributed by atoms with Crippen LogP contribution in [0.3, 0.4) is 0 Å². The van der Waals surface area contributed by atoms with Crippen LogP contribution in [0.25, 0.3) is 0 Å². The Kier molecular flexibility index (Phi) is 6.22. The normalized spacial score (nSPS) is 11.7. The lowest BCUT2D eigenvalue weighted by Crippen LogP contribution is -2.31. The van der Waals surface area contributed by atoms with Crippen molar-refractivity contribution in [1.29, 1.82) is 0 Å². The molecule has 20 heavy (non-hydrogen) atoms. The summed E-state index contributed by atoms with van der Waals surface area (Å²) in [4.78, 5) is 10.9. The monoisotopic (exact) mass is 291 g/mol. The topological polar surface area (TPSA) is 63.3 Å². The maximum Gasteiger partial charge on any atom is 0.304 e. The average Bonchev–Trinajstić information content (AvgIpc) is 2.40. The molecule has 4 heteroatoms. The molecule has 0 aliphatic rings. The summed E-state index contributed by atoms with van der Waals surface area (Å²) in [7, 11) is 0. The van der Waals surface area contributed by atoms with Crippen LogP contribution in [0.5, 0.6) is 0 Å². The van der Waals surface area contributed by atoms with Crippen molar-refractivity contribution in [2.45, 2.75) is 18.4 Å². The van der Waals surface area contributed by atoms with Gasteiger partial charge in [-0.15, -0.1) is 12.4 Å². The fraction of sp³-hybridized carbons (Fsp3) is 0.188. The molecule has 0 aromatic heterocycles. The molecule has 2 aromatic carbocycles. The molecule has 3 N–H and O–H groups in total. The molecule has 1 unspecified atom stereocenters. The Bertz CT molecular complexity index is 491. The molecular weight excluding hydrogens is 274 g/mol. The van der Waals surface area contributed by atoms with Crippen LogP contribution in [0.2, 0.25) is 0 Å². The first-order valence-corrected chi connectivity index (χ1v) is 6.25. The van der Waals surface area contributed by atoms with Crippen LogP contribution in [0.15, 0.2) is 60.7 Å². The second-order valence-electron chi connectivity index (χ2n) is 4.56. The van der Waals surface area contributed by atoms with E-state index in [2.05, 4.69) is 0 Å². The highest BCUT2D eigenvalue weighted by Crippen LogP contribution is 2.28. The van der Waals surface area contributed by atoms with Crippen molar-refractivity contribution in [2.24, 2.45) is 5.73 Å². The molecule has 2 rings (SSSR count). The minimum absolute atomic E-state index is 0. The summed E-state index contributed by atoms with van der Waals surface area (Å²) in [6, 6.07) is 19.2. The van der Waals surface area contributed by atoms with Crippen LogP contribution in [-0.4, -0.2) is 17.1 Å². The molecule has 0 aliphatic carbocycles. The van der Waals surface area contributed by atoms with Crippen LogP contribution < -0.4 is 5.73 Å². The molecule has 3 nitrogen and oxygen atoms in total. The van der Waals surface area contributed by atoms with Gasteiger partial charge in [0.1, 0.15) is 0 Å². The summed E-state index contributed by atoms with van der Waals surface area (Å²) in [5.74, 6) is -0.970. The highest BCUT2D eigenvalue weighted by atomic mass is 35.5. The molecule has 0 heterocycles. The van der Waals surface area contributed by atoms with Crippen molar-refractivity contribution in [3.8, 4) is 0 Å². The van der Waals surface area contributed by atoms with E-state index in [1.807, 2.05) is 60.7 Å². The summed E-state index contributed by atoms with van der Waals surface area (Å²) in [6.45, 7) is 0. The average molecular weight is 292 g/mol. The highest BCUT2D eigenvalue weighted by molar-refractivity contribution is 5.85. The van der Waals surface area contributed by atoms with Crippen LogP contribution >= 0.6 is 12.4 Å². The Morgan fingerprint density at radius 1 is 0.950 bits per heavy atom. The van der Waals surface area contributed by atoms with E-state index in [0.29, 0.717) is 0 Å². The van der Waals surface area contributed by atoms with Crippen molar-refractivity contribution in [3.63, 3.8) is 0 Å². The van der Waals surface area contributed by atoms with Gasteiger partial charge in [-0.3, -0.25) is 4.79 Å². The van der Waals surface area contributed by atoms with Crippen LogP contribution in [0.1, 0.15) is 23.5 Å². The lowest BCUT2D eigenvalue weighted by molar-refractivity contribution is -0.137. The minimum Gasteiger partial charge on any atom is -0.481 e. The number of halogens is 1. The van der Waals surface area contributed by atoms with E-state index in [1.165, 1.54) is 0 Å². The number of nitrogens with two attached hydrogens (primary N) is 1. The summed E-state index contributed by atoms with van der Waals surface area (Å²) in [5, 5.41) is 8.95. The van der Waals surface area contributed by atoms with Gasteiger partial charge in [0, 0.05) is 12.0 Å². The molecular formula is C16H18ClNO2. The first-order valence-electron chi connectivity index (χ1n) is 6.25. The summed E-state index contributed by atoms with van der Waals surface area (Å²) in [6.07, 6.45) is -0.0472. The number of aliphatic carboxylic acids is 1. The third-order valence-corrected chi connectivity index (χ3v) is 3.16. The van der Waals surface area contributed by atoms with Gasteiger partial charge in [-0.05, 0) is 11.1 Å². The smallest absolute Gasteiger partial charge is 0.304 e. The Balaban J connectivity index is 0.00000200. The zero-order valence-corrected chi connectivity index (χ0v) is 11.8. The van der Waals surface area contributed by atoms with Crippen LogP contribution in [0, 0.1) is 0 Å². The number of hydrogen-bond acceptors (Lipinski definition) is 2. The minimum atomic E-state index is -0.871. The molecule has 0 saturated heterocycles. The molecule has 1 atom stereocenters. The van der Waals surface area contributed by atoms with Gasteiger partial charge < -0.3 is 10.8 Å². The molecule has 0 fully saturated rings. The maximum atomic E-state index is 10.9. The fourth-order valence-corrected chi connectivity index (χ4v) is 2.33. The van der Waals surface area contributed by atoms with E-state index in [9.17, 15) is 4.79 Å². The van der Waals surface area contributed by atoms with Gasteiger partial charge in [-0.1, -0.05) is 60.7 Å². The first kappa shape index (κ1) is 16.2. The van der Waals surface area contributed by atoms with Gasteiger partial charge in [-0.2, -0.15) is 0 Å². The lowest BCUT2D eigenvalue weighted by atomic mass is 9.84. The molecule has 0 saturated carbocycles. The van der Waals surface area contributed by atoms with E-state index < -0.39 is 12.0 Å². The van der Waals surface area contributed by atoms with Crippen molar-refractivity contribution in [1.82, 2.24) is 0 Å². The predicted molar refractivity (Wildman–Crippen MR) is 82.2 cm³/mol. The van der Waals surface area contributed by atoms with E-state index in [0.717, 1.165) is 11.1 Å². The van der Waals surface area contributed by atoms with E-state index >= 15 is 0 Å². The zero-order valence-electron chi connectivity index (χ0n) is 11.0. The number of carbonyl (C=O) groups is 1. The second kappa shape index (κ2) is 7.68. The molecule has 0 radical (unpaired) electrons. The highest BCUT2D eigenvalue weighted by Gasteiger charge is 2.23. The molecule has 2 aromatic rings. The molecule has 0 bridgehead atoms. The second-order valence-corrected chi connectivity index (χ2v) is 4.56. The lowest BCUT2D eigenvalue weighted by Gasteiger charge is -2.23. The standard InChI is InChI=1S/C16H17NO2.ClH/c17-14(11-15(18)19)16(12-7-3-1-4-8-12)13-9-5-2-6-10-13;/h1-10,14,16H,11,17H2,(H,18,19);1H. The Hall–Kier alpha value is -1.84. The van der Waals surface area contributed by atoms with E-state index in [-0.39, 0.29) is 24.7 Å². The zero-order chi connectivity index (χ0) is 13.7.